The molecule has 0 aliphatic heterocycles. The quantitative estimate of drug-likeness (QED) is 0.167. The van der Waals surface area contributed by atoms with Crippen molar-refractivity contribution in [1.29, 1.82) is 0 Å². The van der Waals surface area contributed by atoms with E-state index in [2.05, 4.69) is 16.0 Å². The molecule has 6 nitrogen and oxygen atoms in total. The molecule has 4 aromatic carbocycles. The van der Waals surface area contributed by atoms with Gasteiger partial charge in [0.05, 0.1) is 5.75 Å². The van der Waals surface area contributed by atoms with Crippen LogP contribution in [0.2, 0.25) is 5.02 Å². The molecule has 3 N–H and O–H groups in total. The summed E-state index contributed by atoms with van der Waals surface area (Å²) in [6, 6.07) is 32.0. The highest BCUT2D eigenvalue weighted by molar-refractivity contribution is 8.00. The van der Waals surface area contributed by atoms with E-state index in [0.29, 0.717) is 22.0 Å². The molecule has 3 amide bonds. The van der Waals surface area contributed by atoms with E-state index in [-0.39, 0.29) is 23.3 Å². The molecule has 0 aliphatic carbocycles. The highest BCUT2D eigenvalue weighted by Crippen LogP contribution is 2.23. The Morgan fingerprint density at radius 1 is 0.737 bits per heavy atom. The summed E-state index contributed by atoms with van der Waals surface area (Å²) < 4.78 is 0. The first-order valence-corrected chi connectivity index (χ1v) is 13.1. The van der Waals surface area contributed by atoms with Crippen LogP contribution in [-0.4, -0.2) is 23.5 Å². The fraction of sp³-hybridized carbons (Fsp3) is 0.0333. The SMILES string of the molecule is O=C(CSc1cccc(NC(=O)/C(=C/c2ccccc2)NC(=O)c2ccccc2)c1)Nc1ccc(Cl)cc1. The minimum Gasteiger partial charge on any atom is -0.325 e. The number of carbonyl (C=O) groups excluding carboxylic acids is 3. The number of hydrogen-bond acceptors (Lipinski definition) is 4. The van der Waals surface area contributed by atoms with Crippen LogP contribution in [0.5, 0.6) is 0 Å². The molecule has 0 radical (unpaired) electrons. The summed E-state index contributed by atoms with van der Waals surface area (Å²) >= 11 is 7.22. The van der Waals surface area contributed by atoms with Gasteiger partial charge in [-0.1, -0.05) is 66.2 Å². The Labute approximate surface area is 230 Å². The lowest BCUT2D eigenvalue weighted by Gasteiger charge is -2.12. The molecule has 4 rings (SSSR count). The van der Waals surface area contributed by atoms with Gasteiger partial charge in [-0.3, -0.25) is 14.4 Å². The summed E-state index contributed by atoms with van der Waals surface area (Å²) in [5, 5.41) is 8.99. The molecule has 4 aromatic rings. The van der Waals surface area contributed by atoms with Gasteiger partial charge in [-0.25, -0.2) is 0 Å². The van der Waals surface area contributed by atoms with Gasteiger partial charge < -0.3 is 16.0 Å². The highest BCUT2D eigenvalue weighted by Gasteiger charge is 2.15. The zero-order valence-corrected chi connectivity index (χ0v) is 21.8. The topological polar surface area (TPSA) is 87.3 Å². The van der Waals surface area contributed by atoms with Crippen LogP contribution in [0, 0.1) is 0 Å². The molecule has 0 fully saturated rings. The van der Waals surface area contributed by atoms with Gasteiger partial charge in [0.2, 0.25) is 5.91 Å². The van der Waals surface area contributed by atoms with Crippen LogP contribution >= 0.6 is 23.4 Å². The fourth-order valence-corrected chi connectivity index (χ4v) is 4.28. The molecule has 0 spiro atoms. The van der Waals surface area contributed by atoms with Crippen LogP contribution in [0.25, 0.3) is 6.08 Å². The van der Waals surface area contributed by atoms with Crippen molar-refractivity contribution in [2.24, 2.45) is 0 Å². The van der Waals surface area contributed by atoms with Gasteiger partial charge in [0.15, 0.2) is 0 Å². The minimum absolute atomic E-state index is 0.102. The first-order chi connectivity index (χ1) is 18.5. The summed E-state index contributed by atoms with van der Waals surface area (Å²) in [5.74, 6) is -0.838. The molecule has 0 heterocycles. The lowest BCUT2D eigenvalue weighted by Crippen LogP contribution is -2.30. The van der Waals surface area contributed by atoms with Crippen LogP contribution < -0.4 is 16.0 Å². The number of thioether (sulfide) groups is 1. The molecule has 0 saturated carbocycles. The molecule has 0 aliphatic rings. The lowest BCUT2D eigenvalue weighted by atomic mass is 10.1. The van der Waals surface area contributed by atoms with E-state index >= 15 is 0 Å². The van der Waals surface area contributed by atoms with Crippen LogP contribution in [0.3, 0.4) is 0 Å². The Bertz CT molecular complexity index is 1440. The third-order valence-electron chi connectivity index (χ3n) is 5.23. The minimum atomic E-state index is -0.472. The Morgan fingerprint density at radius 3 is 2.13 bits per heavy atom. The molecule has 0 atom stereocenters. The monoisotopic (exact) mass is 541 g/mol. The van der Waals surface area contributed by atoms with E-state index < -0.39 is 5.91 Å². The van der Waals surface area contributed by atoms with Gasteiger partial charge in [-0.15, -0.1) is 11.8 Å². The Hall–Kier alpha value is -4.33. The predicted octanol–water partition coefficient (Wildman–Crippen LogP) is 6.48. The molecule has 8 heteroatoms. The number of hydrogen-bond donors (Lipinski definition) is 3. The van der Waals surface area contributed by atoms with Gasteiger partial charge in [-0.05, 0) is 66.2 Å². The van der Waals surface area contributed by atoms with E-state index in [1.165, 1.54) is 11.8 Å². The summed E-state index contributed by atoms with van der Waals surface area (Å²) in [5.41, 5.74) is 2.50. The number of rotatable bonds is 9. The zero-order chi connectivity index (χ0) is 26.7. The van der Waals surface area contributed by atoms with Crippen LogP contribution in [0.4, 0.5) is 11.4 Å². The fourth-order valence-electron chi connectivity index (χ4n) is 3.40. The molecule has 0 saturated heterocycles. The number of halogens is 1. The second-order valence-corrected chi connectivity index (χ2v) is 9.60. The first kappa shape index (κ1) is 26.7. The van der Waals surface area contributed by atoms with Crippen LogP contribution in [0.15, 0.2) is 120 Å². The third kappa shape index (κ3) is 8.09. The van der Waals surface area contributed by atoms with Crippen LogP contribution in [0.1, 0.15) is 15.9 Å². The molecular weight excluding hydrogens is 518 g/mol. The van der Waals surface area contributed by atoms with Crippen molar-refractivity contribution >= 4 is 58.5 Å². The van der Waals surface area contributed by atoms with Crippen molar-refractivity contribution in [1.82, 2.24) is 5.32 Å². The number of amides is 3. The van der Waals surface area contributed by atoms with Gasteiger partial charge in [0.25, 0.3) is 11.8 Å². The number of carbonyl (C=O) groups is 3. The second-order valence-electron chi connectivity index (χ2n) is 8.11. The van der Waals surface area contributed by atoms with Crippen molar-refractivity contribution in [3.05, 3.63) is 131 Å². The van der Waals surface area contributed by atoms with Crippen LogP contribution in [-0.2, 0) is 9.59 Å². The maximum absolute atomic E-state index is 13.2. The van der Waals surface area contributed by atoms with E-state index in [9.17, 15) is 14.4 Å². The molecule has 0 aromatic heterocycles. The van der Waals surface area contributed by atoms with Crippen molar-refractivity contribution < 1.29 is 14.4 Å². The van der Waals surface area contributed by atoms with Crippen molar-refractivity contribution in [2.45, 2.75) is 4.90 Å². The standard InChI is InChI=1S/C30H24ClN3O3S/c31-23-14-16-24(17-15-23)32-28(35)20-38-26-13-7-12-25(19-26)33-30(37)27(18-21-8-3-1-4-9-21)34-29(36)22-10-5-2-6-11-22/h1-19H,20H2,(H,32,35)(H,33,37)(H,34,36)/b27-18-. The third-order valence-corrected chi connectivity index (χ3v) is 6.47. The molecule has 190 valence electrons. The van der Waals surface area contributed by atoms with E-state index in [1.807, 2.05) is 42.5 Å². The van der Waals surface area contributed by atoms with E-state index in [0.717, 1.165) is 10.5 Å². The summed E-state index contributed by atoms with van der Waals surface area (Å²) in [6.07, 6.45) is 1.62. The zero-order valence-electron chi connectivity index (χ0n) is 20.2. The Kier molecular flexibility index (Phi) is 9.34. The van der Waals surface area contributed by atoms with Gasteiger partial charge in [0, 0.05) is 26.9 Å². The maximum atomic E-state index is 13.2. The summed E-state index contributed by atoms with van der Waals surface area (Å²) in [4.78, 5) is 39.1. The number of benzene rings is 4. The predicted molar refractivity (Wildman–Crippen MR) is 154 cm³/mol. The largest absolute Gasteiger partial charge is 0.325 e. The number of nitrogens with one attached hydrogen (secondary N) is 3. The van der Waals surface area contributed by atoms with Gasteiger partial charge in [0.1, 0.15) is 5.70 Å². The molecular formula is C30H24ClN3O3S. The van der Waals surface area contributed by atoms with Gasteiger partial charge >= 0.3 is 0 Å². The second kappa shape index (κ2) is 13.3. The van der Waals surface area contributed by atoms with Gasteiger partial charge in [-0.2, -0.15) is 0 Å². The van der Waals surface area contributed by atoms with Crippen molar-refractivity contribution in [3.63, 3.8) is 0 Å². The van der Waals surface area contributed by atoms with Crippen molar-refractivity contribution in [3.8, 4) is 0 Å². The number of anilines is 2. The summed E-state index contributed by atoms with van der Waals surface area (Å²) in [6.45, 7) is 0. The smallest absolute Gasteiger partial charge is 0.272 e. The van der Waals surface area contributed by atoms with Crippen molar-refractivity contribution in [2.75, 3.05) is 16.4 Å². The Balaban J connectivity index is 1.42. The normalized spacial score (nSPS) is 10.9. The summed E-state index contributed by atoms with van der Waals surface area (Å²) in [7, 11) is 0. The van der Waals surface area contributed by atoms with E-state index in [4.69, 9.17) is 11.6 Å². The maximum Gasteiger partial charge on any atom is 0.272 e. The Morgan fingerprint density at radius 2 is 1.42 bits per heavy atom. The lowest BCUT2D eigenvalue weighted by molar-refractivity contribution is -0.114. The first-order valence-electron chi connectivity index (χ1n) is 11.7. The average Bonchev–Trinajstić information content (AvgIpc) is 2.94. The highest BCUT2D eigenvalue weighted by atomic mass is 35.5. The van der Waals surface area contributed by atoms with E-state index in [1.54, 1.807) is 72.8 Å². The average molecular weight is 542 g/mol. The molecule has 38 heavy (non-hydrogen) atoms. The molecule has 0 bridgehead atoms. The molecule has 0 unspecified atom stereocenters.